The summed E-state index contributed by atoms with van der Waals surface area (Å²) in [4.78, 5) is 12.2. The van der Waals surface area contributed by atoms with Crippen LogP contribution in [-0.2, 0) is 4.74 Å². The third-order valence-electron chi connectivity index (χ3n) is 1.47. The molecule has 0 saturated carbocycles. The van der Waals surface area contributed by atoms with Crippen molar-refractivity contribution in [2.24, 2.45) is 5.73 Å². The van der Waals surface area contributed by atoms with Crippen molar-refractivity contribution >= 4 is 6.09 Å². The average molecular weight is 180 g/mol. The van der Waals surface area contributed by atoms with Crippen molar-refractivity contribution in [3.05, 3.63) is 36.9 Å². The Labute approximate surface area is 77.0 Å². The lowest BCUT2D eigenvalue weighted by atomic mass is 10.3. The van der Waals surface area contributed by atoms with Crippen LogP contribution in [0.15, 0.2) is 36.9 Å². The molecule has 0 spiro atoms. The third-order valence-corrected chi connectivity index (χ3v) is 1.47. The zero-order chi connectivity index (χ0) is 9.68. The van der Waals surface area contributed by atoms with E-state index in [-0.39, 0.29) is 0 Å². The van der Waals surface area contributed by atoms with Crippen molar-refractivity contribution in [2.45, 2.75) is 6.42 Å². The number of allylic oxidation sites excluding steroid dienone is 2. The molecule has 1 rings (SSSR count). The molecular formula is C9H12N2O2. The number of carbonyl (C=O) groups is 1. The first-order valence-corrected chi connectivity index (χ1v) is 3.92. The van der Waals surface area contributed by atoms with Gasteiger partial charge in [-0.25, -0.2) is 4.79 Å². The first-order valence-electron chi connectivity index (χ1n) is 3.92. The summed E-state index contributed by atoms with van der Waals surface area (Å²) in [6, 6.07) is 0. The van der Waals surface area contributed by atoms with Crippen LogP contribution in [0.2, 0.25) is 0 Å². The topological polar surface area (TPSA) is 55.6 Å². The van der Waals surface area contributed by atoms with Crippen LogP contribution in [-0.4, -0.2) is 17.5 Å². The lowest BCUT2D eigenvalue weighted by Gasteiger charge is -2.18. The number of nitrogens with two attached hydrogens (primary N) is 1. The number of primary amides is 1. The van der Waals surface area contributed by atoms with Gasteiger partial charge in [0.2, 0.25) is 0 Å². The molecule has 0 aromatic rings. The second kappa shape index (κ2) is 4.35. The van der Waals surface area contributed by atoms with E-state index in [9.17, 15) is 4.79 Å². The number of hydrogen-bond acceptors (Lipinski definition) is 3. The van der Waals surface area contributed by atoms with Crippen LogP contribution >= 0.6 is 0 Å². The third kappa shape index (κ3) is 3.46. The Morgan fingerprint density at radius 1 is 1.54 bits per heavy atom. The molecule has 1 heterocycles. The molecule has 4 heteroatoms. The first-order chi connectivity index (χ1) is 6.18. The van der Waals surface area contributed by atoms with Gasteiger partial charge in [0.1, 0.15) is 5.76 Å². The summed E-state index contributed by atoms with van der Waals surface area (Å²) in [6.45, 7) is 4.00. The second-order valence-electron chi connectivity index (χ2n) is 2.64. The van der Waals surface area contributed by atoms with Gasteiger partial charge in [0, 0.05) is 12.4 Å². The van der Waals surface area contributed by atoms with E-state index >= 15 is 0 Å². The van der Waals surface area contributed by atoms with Crippen molar-refractivity contribution in [3.63, 3.8) is 0 Å². The molecule has 0 saturated heterocycles. The molecule has 1 amide bonds. The van der Waals surface area contributed by atoms with Gasteiger partial charge in [-0.1, -0.05) is 18.7 Å². The van der Waals surface area contributed by atoms with E-state index in [0.29, 0.717) is 12.3 Å². The molecule has 1 aliphatic rings. The summed E-state index contributed by atoms with van der Waals surface area (Å²) >= 11 is 0. The molecule has 1 aliphatic heterocycles. The molecule has 0 unspecified atom stereocenters. The summed E-state index contributed by atoms with van der Waals surface area (Å²) < 4.78 is 4.59. The normalized spacial score (nSPS) is 14.3. The van der Waals surface area contributed by atoms with Crippen LogP contribution in [0.3, 0.4) is 0 Å². The molecule has 2 N–H and O–H groups in total. The van der Waals surface area contributed by atoms with E-state index < -0.39 is 6.09 Å². The molecule has 0 radical (unpaired) electrons. The summed E-state index contributed by atoms with van der Waals surface area (Å²) in [6.07, 6.45) is 7.90. The summed E-state index contributed by atoms with van der Waals surface area (Å²) in [7, 11) is 0. The maximum Gasteiger partial charge on any atom is 0.409 e. The Morgan fingerprint density at radius 3 is 2.69 bits per heavy atom. The maximum atomic E-state index is 10.3. The maximum absolute atomic E-state index is 10.3. The van der Waals surface area contributed by atoms with Crippen molar-refractivity contribution in [1.82, 2.24) is 4.90 Å². The molecule has 0 aromatic heterocycles. The van der Waals surface area contributed by atoms with Crippen molar-refractivity contribution in [3.8, 4) is 0 Å². The number of hydrogen-bond donors (Lipinski definition) is 1. The van der Waals surface area contributed by atoms with Crippen LogP contribution in [0, 0.1) is 0 Å². The van der Waals surface area contributed by atoms with Gasteiger partial charge < -0.3 is 15.4 Å². The highest BCUT2D eigenvalue weighted by atomic mass is 16.5. The highest BCUT2D eigenvalue weighted by molar-refractivity contribution is 5.65. The van der Waals surface area contributed by atoms with Gasteiger partial charge in [-0.05, 0) is 6.42 Å². The smallest absolute Gasteiger partial charge is 0.409 e. The van der Waals surface area contributed by atoms with E-state index in [0.717, 1.165) is 6.42 Å². The van der Waals surface area contributed by atoms with Gasteiger partial charge in [-0.15, -0.1) is 0 Å². The van der Waals surface area contributed by atoms with Crippen LogP contribution in [0.25, 0.3) is 0 Å². The number of carbonyl (C=O) groups excluding carboxylic acids is 1. The fraction of sp³-hybridized carbons (Fsp3) is 0.222. The standard InChI is InChI=1S/C9H12N2O2/c1-8(13-9(10)12)7-11-5-3-2-4-6-11/h3-6H,1-2,7H2,(H2,10,12). The predicted molar refractivity (Wildman–Crippen MR) is 49.4 cm³/mol. The largest absolute Gasteiger partial charge is 0.414 e. The minimum atomic E-state index is -0.824. The van der Waals surface area contributed by atoms with E-state index in [1.165, 1.54) is 0 Å². The van der Waals surface area contributed by atoms with Crippen LogP contribution < -0.4 is 5.73 Å². The molecular weight excluding hydrogens is 168 g/mol. The Bertz CT molecular complexity index is 257. The second-order valence-corrected chi connectivity index (χ2v) is 2.64. The van der Waals surface area contributed by atoms with Crippen LogP contribution in [0.1, 0.15) is 6.42 Å². The lowest BCUT2D eigenvalue weighted by Crippen LogP contribution is -2.20. The molecule has 0 bridgehead atoms. The van der Waals surface area contributed by atoms with Gasteiger partial charge in [0.05, 0.1) is 6.54 Å². The number of amides is 1. The van der Waals surface area contributed by atoms with Gasteiger partial charge in [0.25, 0.3) is 0 Å². The fourth-order valence-electron chi connectivity index (χ4n) is 1.00. The zero-order valence-electron chi connectivity index (χ0n) is 7.27. The van der Waals surface area contributed by atoms with E-state index in [1.807, 2.05) is 29.5 Å². The van der Waals surface area contributed by atoms with E-state index in [1.54, 1.807) is 0 Å². The highest BCUT2D eigenvalue weighted by Gasteiger charge is 2.03. The number of ether oxygens (including phenoxy) is 1. The average Bonchev–Trinajstić information content (AvgIpc) is 2.04. The summed E-state index contributed by atoms with van der Waals surface area (Å²) in [5.41, 5.74) is 4.82. The Balaban J connectivity index is 2.35. The van der Waals surface area contributed by atoms with Gasteiger partial charge >= 0.3 is 6.09 Å². The monoisotopic (exact) mass is 180 g/mol. The van der Waals surface area contributed by atoms with Crippen molar-refractivity contribution < 1.29 is 9.53 Å². The quantitative estimate of drug-likeness (QED) is 0.666. The molecule has 0 aromatic carbocycles. The fourth-order valence-corrected chi connectivity index (χ4v) is 1.00. The Hall–Kier alpha value is -1.71. The predicted octanol–water partition coefficient (Wildman–Crippen LogP) is 1.33. The van der Waals surface area contributed by atoms with Gasteiger partial charge in [-0.2, -0.15) is 0 Å². The van der Waals surface area contributed by atoms with Crippen molar-refractivity contribution in [1.29, 1.82) is 0 Å². The molecule has 4 nitrogen and oxygen atoms in total. The van der Waals surface area contributed by atoms with Crippen LogP contribution in [0.5, 0.6) is 0 Å². The highest BCUT2D eigenvalue weighted by Crippen LogP contribution is 2.05. The van der Waals surface area contributed by atoms with Crippen LogP contribution in [0.4, 0.5) is 4.79 Å². The minimum Gasteiger partial charge on any atom is -0.414 e. The number of rotatable bonds is 3. The first kappa shape index (κ1) is 9.38. The molecule has 70 valence electrons. The molecule has 13 heavy (non-hydrogen) atoms. The number of nitrogens with zero attached hydrogens (tertiary/aromatic N) is 1. The van der Waals surface area contributed by atoms with Crippen molar-refractivity contribution in [2.75, 3.05) is 6.54 Å². The van der Waals surface area contributed by atoms with E-state index in [2.05, 4.69) is 11.3 Å². The molecule has 0 aliphatic carbocycles. The van der Waals surface area contributed by atoms with Gasteiger partial charge in [-0.3, -0.25) is 0 Å². The Morgan fingerprint density at radius 2 is 2.15 bits per heavy atom. The zero-order valence-corrected chi connectivity index (χ0v) is 7.27. The molecule has 0 atom stereocenters. The lowest BCUT2D eigenvalue weighted by molar-refractivity contribution is 0.181. The SMILES string of the molecule is C=C(CN1C=CCC=C1)OC(N)=O. The van der Waals surface area contributed by atoms with E-state index in [4.69, 9.17) is 5.73 Å². The summed E-state index contributed by atoms with van der Waals surface area (Å²) in [5, 5.41) is 0. The molecule has 0 fully saturated rings. The van der Waals surface area contributed by atoms with Gasteiger partial charge in [0.15, 0.2) is 0 Å². The minimum absolute atomic E-state index is 0.337. The summed E-state index contributed by atoms with van der Waals surface area (Å²) in [5.74, 6) is 0.337. The Kier molecular flexibility index (Phi) is 3.14.